The Morgan fingerprint density at radius 3 is 2.86 bits per heavy atom. The number of carbonyl (C=O) groups is 2. The molecule has 2 atom stereocenters. The smallest absolute Gasteiger partial charge is 0.338 e. The lowest BCUT2D eigenvalue weighted by Crippen LogP contribution is -2.54. The fourth-order valence-electron chi connectivity index (χ4n) is 3.23. The molecule has 0 spiro atoms. The fraction of sp³-hybridized carbons (Fsp3) is 0.733. The van der Waals surface area contributed by atoms with E-state index < -0.39 is 17.7 Å². The molecule has 6 heteroatoms. The van der Waals surface area contributed by atoms with Crippen LogP contribution in [-0.2, 0) is 19.1 Å². The van der Waals surface area contributed by atoms with Crippen molar-refractivity contribution in [2.75, 3.05) is 20.3 Å². The van der Waals surface area contributed by atoms with Crippen LogP contribution in [0, 0.1) is 0 Å². The number of ether oxygens (including phenoxy) is 2. The molecule has 2 heterocycles. The normalized spacial score (nSPS) is 28.3. The van der Waals surface area contributed by atoms with Gasteiger partial charge in [-0.1, -0.05) is 13.3 Å². The Morgan fingerprint density at radius 2 is 2.29 bits per heavy atom. The molecule has 1 N–H and O–H groups in total. The van der Waals surface area contributed by atoms with Gasteiger partial charge in [-0.15, -0.1) is 0 Å². The maximum Gasteiger partial charge on any atom is 0.338 e. The monoisotopic (exact) mass is 297 g/mol. The lowest BCUT2D eigenvalue weighted by molar-refractivity contribution is -0.154. The van der Waals surface area contributed by atoms with Crippen LogP contribution in [0.2, 0.25) is 0 Å². The molecule has 1 unspecified atom stereocenters. The molecule has 2 aliphatic heterocycles. The summed E-state index contributed by atoms with van der Waals surface area (Å²) in [7, 11) is 1.32. The van der Waals surface area contributed by atoms with Crippen LogP contribution in [0.1, 0.15) is 39.5 Å². The van der Waals surface area contributed by atoms with Gasteiger partial charge in [0.25, 0.3) is 5.91 Å². The number of rotatable bonds is 6. The van der Waals surface area contributed by atoms with Gasteiger partial charge < -0.3 is 14.6 Å². The average Bonchev–Trinajstić information content (AvgIpc) is 2.96. The number of methoxy groups -OCH3 is 1. The molecule has 0 aromatic carbocycles. The van der Waals surface area contributed by atoms with Gasteiger partial charge in [-0.2, -0.15) is 0 Å². The Morgan fingerprint density at radius 1 is 1.57 bits per heavy atom. The van der Waals surface area contributed by atoms with Crippen LogP contribution in [0.3, 0.4) is 0 Å². The summed E-state index contributed by atoms with van der Waals surface area (Å²) in [6, 6.07) is 0. The van der Waals surface area contributed by atoms with E-state index in [4.69, 9.17) is 14.6 Å². The van der Waals surface area contributed by atoms with Gasteiger partial charge in [0, 0.05) is 18.6 Å². The first-order valence-electron chi connectivity index (χ1n) is 7.39. The third-order valence-electron chi connectivity index (χ3n) is 4.42. The first kappa shape index (κ1) is 16.0. The van der Waals surface area contributed by atoms with Crippen LogP contribution >= 0.6 is 0 Å². The Hall–Kier alpha value is -1.40. The van der Waals surface area contributed by atoms with Crippen molar-refractivity contribution in [2.45, 2.75) is 51.3 Å². The lowest BCUT2D eigenvalue weighted by Gasteiger charge is -2.31. The predicted octanol–water partition coefficient (Wildman–Crippen LogP) is 0.986. The molecular formula is C15H23NO5. The van der Waals surface area contributed by atoms with E-state index in [2.05, 4.69) is 6.92 Å². The molecule has 2 aliphatic rings. The molecule has 2 rings (SSSR count). The van der Waals surface area contributed by atoms with Crippen molar-refractivity contribution in [3.63, 3.8) is 0 Å². The number of unbranched alkanes of at least 4 members (excludes halogenated alkanes) is 1. The van der Waals surface area contributed by atoms with Gasteiger partial charge in [0.15, 0.2) is 5.54 Å². The van der Waals surface area contributed by atoms with Crippen LogP contribution in [0.25, 0.3) is 0 Å². The number of hydrogen-bond acceptors (Lipinski definition) is 5. The second kappa shape index (κ2) is 6.15. The highest BCUT2D eigenvalue weighted by Crippen LogP contribution is 2.44. The number of amides is 1. The Balaban J connectivity index is 2.40. The molecular weight excluding hydrogens is 274 g/mol. The van der Waals surface area contributed by atoms with Crippen LogP contribution < -0.4 is 0 Å². The second-order valence-electron chi connectivity index (χ2n) is 5.51. The van der Waals surface area contributed by atoms with Gasteiger partial charge in [-0.25, -0.2) is 4.79 Å². The summed E-state index contributed by atoms with van der Waals surface area (Å²) in [4.78, 5) is 26.5. The molecule has 1 fully saturated rings. The van der Waals surface area contributed by atoms with Crippen molar-refractivity contribution in [1.29, 1.82) is 0 Å². The van der Waals surface area contributed by atoms with Gasteiger partial charge in [0.05, 0.1) is 13.7 Å². The number of esters is 1. The highest BCUT2D eigenvalue weighted by atomic mass is 16.5. The largest absolute Gasteiger partial charge is 0.467 e. The summed E-state index contributed by atoms with van der Waals surface area (Å²) in [5.74, 6) is -0.689. The van der Waals surface area contributed by atoms with Crippen molar-refractivity contribution >= 4 is 11.9 Å². The minimum Gasteiger partial charge on any atom is -0.467 e. The van der Waals surface area contributed by atoms with Crippen LogP contribution in [-0.4, -0.2) is 54.0 Å². The molecule has 6 nitrogen and oxygen atoms in total. The molecule has 1 amide bonds. The molecule has 1 saturated heterocycles. The van der Waals surface area contributed by atoms with E-state index in [-0.39, 0.29) is 25.5 Å². The zero-order valence-electron chi connectivity index (χ0n) is 12.8. The predicted molar refractivity (Wildman–Crippen MR) is 75.3 cm³/mol. The van der Waals surface area contributed by atoms with Gasteiger partial charge in [-0.05, 0) is 25.3 Å². The number of carbonyl (C=O) groups excluding carboxylic acids is 2. The summed E-state index contributed by atoms with van der Waals surface area (Å²) in [6.45, 7) is 3.82. The number of aliphatic hydroxyl groups is 1. The minimum atomic E-state index is -1.14. The lowest BCUT2D eigenvalue weighted by atomic mass is 9.91. The van der Waals surface area contributed by atoms with E-state index in [1.165, 1.54) is 12.0 Å². The zero-order valence-corrected chi connectivity index (χ0v) is 12.8. The van der Waals surface area contributed by atoms with Crippen molar-refractivity contribution in [1.82, 2.24) is 4.90 Å². The topological polar surface area (TPSA) is 76.1 Å². The quantitative estimate of drug-likeness (QED) is 0.740. The third-order valence-corrected chi connectivity index (χ3v) is 4.42. The summed E-state index contributed by atoms with van der Waals surface area (Å²) in [6.07, 6.45) is 2.45. The van der Waals surface area contributed by atoms with E-state index in [9.17, 15) is 9.59 Å². The summed E-state index contributed by atoms with van der Waals surface area (Å²) in [5.41, 5.74) is 0.00877. The summed E-state index contributed by atoms with van der Waals surface area (Å²) >= 11 is 0. The van der Waals surface area contributed by atoms with E-state index >= 15 is 0 Å². The second-order valence-corrected chi connectivity index (χ2v) is 5.51. The van der Waals surface area contributed by atoms with Crippen LogP contribution in [0.5, 0.6) is 0 Å². The van der Waals surface area contributed by atoms with E-state index in [0.29, 0.717) is 17.6 Å². The van der Waals surface area contributed by atoms with Gasteiger partial charge in [0.2, 0.25) is 0 Å². The zero-order chi connectivity index (χ0) is 15.6. The molecule has 21 heavy (non-hydrogen) atoms. The molecule has 0 saturated carbocycles. The maximum atomic E-state index is 12.7. The van der Waals surface area contributed by atoms with Crippen LogP contribution in [0.4, 0.5) is 0 Å². The van der Waals surface area contributed by atoms with Crippen LogP contribution in [0.15, 0.2) is 11.1 Å². The van der Waals surface area contributed by atoms with Crippen molar-refractivity contribution in [2.24, 2.45) is 0 Å². The molecule has 0 radical (unpaired) electrons. The Kier molecular flexibility index (Phi) is 4.68. The van der Waals surface area contributed by atoms with Gasteiger partial charge >= 0.3 is 5.97 Å². The van der Waals surface area contributed by atoms with E-state index in [1.807, 2.05) is 0 Å². The highest BCUT2D eigenvalue weighted by molar-refractivity contribution is 6.06. The minimum absolute atomic E-state index is 0.121. The molecule has 0 aliphatic carbocycles. The van der Waals surface area contributed by atoms with Crippen molar-refractivity contribution in [3.05, 3.63) is 11.1 Å². The summed E-state index contributed by atoms with van der Waals surface area (Å²) < 4.78 is 10.7. The van der Waals surface area contributed by atoms with E-state index in [0.717, 1.165) is 12.8 Å². The van der Waals surface area contributed by atoms with Gasteiger partial charge in [-0.3, -0.25) is 9.69 Å². The standard InChI is InChI=1S/C15H23NO5/c1-4-5-6-12-16-13(18)11(7-8-17)10(2)15(16,9-21-12)14(19)20-3/h12,17H,4-9H2,1-3H3/t12?,15-/m1/s1. The number of nitrogens with zero attached hydrogens (tertiary/aromatic N) is 1. The molecule has 0 aromatic heterocycles. The number of aliphatic hydroxyl groups excluding tert-OH is 1. The molecule has 0 bridgehead atoms. The first-order chi connectivity index (χ1) is 10.0. The maximum absolute atomic E-state index is 12.7. The fourth-order valence-corrected chi connectivity index (χ4v) is 3.23. The Bertz CT molecular complexity index is 473. The molecule has 118 valence electrons. The third kappa shape index (κ3) is 2.26. The molecule has 0 aromatic rings. The highest BCUT2D eigenvalue weighted by Gasteiger charge is 2.62. The number of hydrogen-bond donors (Lipinski definition) is 1. The first-order valence-corrected chi connectivity index (χ1v) is 7.39. The van der Waals surface area contributed by atoms with Gasteiger partial charge in [0.1, 0.15) is 6.23 Å². The summed E-state index contributed by atoms with van der Waals surface area (Å²) in [5, 5.41) is 9.16. The average molecular weight is 297 g/mol. The SMILES string of the molecule is CCCCC1OC[C@]2(C(=O)OC)C(C)=C(CCO)C(=O)N12. The van der Waals surface area contributed by atoms with Crippen molar-refractivity contribution in [3.8, 4) is 0 Å². The van der Waals surface area contributed by atoms with Crippen molar-refractivity contribution < 1.29 is 24.2 Å². The number of fused-ring (bicyclic) bond motifs is 1. The van der Waals surface area contributed by atoms with E-state index in [1.54, 1.807) is 6.92 Å². The Labute approximate surface area is 124 Å².